The van der Waals surface area contributed by atoms with E-state index in [4.69, 9.17) is 4.74 Å². The molecule has 0 saturated carbocycles. The highest BCUT2D eigenvalue weighted by atomic mass is 79.9. The maximum absolute atomic E-state index is 5.63. The Labute approximate surface area is 98.4 Å². The van der Waals surface area contributed by atoms with Crippen molar-refractivity contribution in [1.29, 1.82) is 0 Å². The molecule has 1 saturated heterocycles. The Bertz CT molecular complexity index is 313. The normalized spacial score (nSPS) is 21.3. The summed E-state index contributed by atoms with van der Waals surface area (Å²) in [5.41, 5.74) is 0. The first-order valence-electron chi connectivity index (χ1n) is 5.32. The van der Waals surface area contributed by atoms with Crippen molar-refractivity contribution in [3.8, 4) is 0 Å². The SMILES string of the molecule is Brc1cccc(NCC2CCCCO2)n1. The number of hydrogen-bond acceptors (Lipinski definition) is 3. The zero-order chi connectivity index (χ0) is 10.5. The molecule has 3 nitrogen and oxygen atoms in total. The molecule has 0 radical (unpaired) electrons. The Kier molecular flexibility index (Phi) is 3.97. The smallest absolute Gasteiger partial charge is 0.127 e. The van der Waals surface area contributed by atoms with Gasteiger partial charge in [-0.15, -0.1) is 0 Å². The molecule has 1 fully saturated rings. The summed E-state index contributed by atoms with van der Waals surface area (Å²) in [7, 11) is 0. The Hall–Kier alpha value is -0.610. The highest BCUT2D eigenvalue weighted by Gasteiger charge is 2.13. The van der Waals surface area contributed by atoms with Gasteiger partial charge < -0.3 is 10.1 Å². The van der Waals surface area contributed by atoms with Crippen LogP contribution in [0.25, 0.3) is 0 Å². The van der Waals surface area contributed by atoms with Crippen LogP contribution in [0.5, 0.6) is 0 Å². The first kappa shape index (κ1) is 10.9. The van der Waals surface area contributed by atoms with Crippen molar-refractivity contribution in [2.75, 3.05) is 18.5 Å². The predicted octanol–water partition coefficient (Wildman–Crippen LogP) is 2.83. The van der Waals surface area contributed by atoms with Crippen molar-refractivity contribution in [3.63, 3.8) is 0 Å². The molecule has 1 aliphatic heterocycles. The van der Waals surface area contributed by atoms with Crippen LogP contribution < -0.4 is 5.32 Å². The average Bonchev–Trinajstić information content (AvgIpc) is 2.28. The summed E-state index contributed by atoms with van der Waals surface area (Å²) in [6.45, 7) is 1.75. The molecular formula is C11H15BrN2O. The molecule has 15 heavy (non-hydrogen) atoms. The lowest BCUT2D eigenvalue weighted by molar-refractivity contribution is 0.0247. The fourth-order valence-electron chi connectivity index (χ4n) is 1.69. The molecule has 82 valence electrons. The van der Waals surface area contributed by atoms with Crippen molar-refractivity contribution in [3.05, 3.63) is 22.8 Å². The molecule has 0 amide bonds. The molecule has 2 rings (SSSR count). The molecule has 1 aromatic heterocycles. The second kappa shape index (κ2) is 5.47. The van der Waals surface area contributed by atoms with E-state index in [1.165, 1.54) is 12.8 Å². The molecule has 1 aliphatic rings. The van der Waals surface area contributed by atoms with Crippen LogP contribution >= 0.6 is 15.9 Å². The number of nitrogens with zero attached hydrogens (tertiary/aromatic N) is 1. The van der Waals surface area contributed by atoms with Crippen molar-refractivity contribution in [1.82, 2.24) is 4.98 Å². The van der Waals surface area contributed by atoms with Gasteiger partial charge in [0.15, 0.2) is 0 Å². The van der Waals surface area contributed by atoms with Gasteiger partial charge in [0.25, 0.3) is 0 Å². The number of ether oxygens (including phenoxy) is 1. The van der Waals surface area contributed by atoms with Crippen LogP contribution in [0.4, 0.5) is 5.82 Å². The molecule has 0 spiro atoms. The van der Waals surface area contributed by atoms with Gasteiger partial charge in [-0.2, -0.15) is 0 Å². The van der Waals surface area contributed by atoms with Gasteiger partial charge in [0.1, 0.15) is 10.4 Å². The van der Waals surface area contributed by atoms with Gasteiger partial charge in [0.05, 0.1) is 6.10 Å². The topological polar surface area (TPSA) is 34.1 Å². The summed E-state index contributed by atoms with van der Waals surface area (Å²) in [5.74, 6) is 0.901. The van der Waals surface area contributed by atoms with Crippen molar-refractivity contribution in [2.45, 2.75) is 25.4 Å². The number of halogens is 1. The fraction of sp³-hybridized carbons (Fsp3) is 0.545. The number of hydrogen-bond donors (Lipinski definition) is 1. The highest BCUT2D eigenvalue weighted by molar-refractivity contribution is 9.10. The lowest BCUT2D eigenvalue weighted by atomic mass is 10.1. The summed E-state index contributed by atoms with van der Waals surface area (Å²) < 4.78 is 6.49. The van der Waals surface area contributed by atoms with Crippen LogP contribution in [-0.2, 0) is 4.74 Å². The molecule has 2 heterocycles. The van der Waals surface area contributed by atoms with Gasteiger partial charge >= 0.3 is 0 Å². The van der Waals surface area contributed by atoms with Gasteiger partial charge in [-0.05, 0) is 47.3 Å². The third-order valence-electron chi connectivity index (χ3n) is 2.50. The molecule has 0 aliphatic carbocycles. The number of nitrogens with one attached hydrogen (secondary N) is 1. The minimum atomic E-state index is 0.347. The van der Waals surface area contributed by atoms with E-state index in [1.807, 2.05) is 18.2 Å². The van der Waals surface area contributed by atoms with Crippen LogP contribution in [0.3, 0.4) is 0 Å². The van der Waals surface area contributed by atoms with Crippen LogP contribution in [0.15, 0.2) is 22.8 Å². The molecule has 4 heteroatoms. The number of aromatic nitrogens is 1. The van der Waals surface area contributed by atoms with E-state index in [-0.39, 0.29) is 0 Å². The first-order chi connectivity index (χ1) is 7.34. The highest BCUT2D eigenvalue weighted by Crippen LogP contribution is 2.14. The second-order valence-corrected chi connectivity index (χ2v) is 4.53. The molecule has 1 aromatic rings. The van der Waals surface area contributed by atoms with E-state index < -0.39 is 0 Å². The second-order valence-electron chi connectivity index (χ2n) is 3.72. The number of rotatable bonds is 3. The zero-order valence-electron chi connectivity index (χ0n) is 8.58. The van der Waals surface area contributed by atoms with E-state index in [1.54, 1.807) is 0 Å². The predicted molar refractivity (Wildman–Crippen MR) is 64.0 cm³/mol. The van der Waals surface area contributed by atoms with Crippen molar-refractivity contribution >= 4 is 21.7 Å². The summed E-state index contributed by atoms with van der Waals surface area (Å²) in [4.78, 5) is 4.31. The largest absolute Gasteiger partial charge is 0.376 e. The van der Waals surface area contributed by atoms with Crippen LogP contribution in [0, 0.1) is 0 Å². The van der Waals surface area contributed by atoms with Gasteiger partial charge in [-0.3, -0.25) is 0 Å². The van der Waals surface area contributed by atoms with E-state index in [0.717, 1.165) is 30.0 Å². The van der Waals surface area contributed by atoms with Crippen LogP contribution in [-0.4, -0.2) is 24.2 Å². The lowest BCUT2D eigenvalue weighted by Crippen LogP contribution is -2.27. The van der Waals surface area contributed by atoms with E-state index in [0.29, 0.717) is 6.10 Å². The fourth-order valence-corrected chi connectivity index (χ4v) is 2.04. The maximum atomic E-state index is 5.63. The molecule has 1 unspecified atom stereocenters. The van der Waals surface area contributed by atoms with Crippen molar-refractivity contribution in [2.24, 2.45) is 0 Å². The Morgan fingerprint density at radius 3 is 3.13 bits per heavy atom. The number of pyridine rings is 1. The molecule has 0 aromatic carbocycles. The van der Waals surface area contributed by atoms with Gasteiger partial charge in [-0.25, -0.2) is 4.98 Å². The van der Waals surface area contributed by atoms with E-state index in [2.05, 4.69) is 26.2 Å². The Morgan fingerprint density at radius 1 is 1.47 bits per heavy atom. The van der Waals surface area contributed by atoms with Crippen LogP contribution in [0.1, 0.15) is 19.3 Å². The quantitative estimate of drug-likeness (QED) is 0.858. The number of anilines is 1. The first-order valence-corrected chi connectivity index (χ1v) is 6.12. The third-order valence-corrected chi connectivity index (χ3v) is 2.94. The zero-order valence-corrected chi connectivity index (χ0v) is 10.2. The monoisotopic (exact) mass is 270 g/mol. The standard InChI is InChI=1S/C11H15BrN2O/c12-10-5-3-6-11(14-10)13-8-9-4-1-2-7-15-9/h3,5-6,9H,1-2,4,7-8H2,(H,13,14). The van der Waals surface area contributed by atoms with E-state index >= 15 is 0 Å². The molecular weight excluding hydrogens is 256 g/mol. The lowest BCUT2D eigenvalue weighted by Gasteiger charge is -2.22. The van der Waals surface area contributed by atoms with Gasteiger partial charge in [0.2, 0.25) is 0 Å². The van der Waals surface area contributed by atoms with Crippen LogP contribution in [0.2, 0.25) is 0 Å². The Morgan fingerprint density at radius 2 is 2.40 bits per heavy atom. The van der Waals surface area contributed by atoms with Gasteiger partial charge in [-0.1, -0.05) is 6.07 Å². The minimum Gasteiger partial charge on any atom is -0.376 e. The third kappa shape index (κ3) is 3.47. The summed E-state index contributed by atoms with van der Waals surface area (Å²) >= 11 is 3.35. The summed E-state index contributed by atoms with van der Waals surface area (Å²) in [6, 6.07) is 5.86. The molecule has 0 bridgehead atoms. The summed E-state index contributed by atoms with van der Waals surface area (Å²) in [6.07, 6.45) is 3.98. The van der Waals surface area contributed by atoms with Crippen molar-refractivity contribution < 1.29 is 4.74 Å². The van der Waals surface area contributed by atoms with Gasteiger partial charge in [0, 0.05) is 13.2 Å². The Balaban J connectivity index is 1.81. The minimum absolute atomic E-state index is 0.347. The average molecular weight is 271 g/mol. The molecule has 1 atom stereocenters. The summed E-state index contributed by atoms with van der Waals surface area (Å²) in [5, 5.41) is 3.29. The van der Waals surface area contributed by atoms with E-state index in [9.17, 15) is 0 Å². The maximum Gasteiger partial charge on any atom is 0.127 e. The molecule has 1 N–H and O–H groups in total.